The molecule has 1 aromatic heterocycles. The summed E-state index contributed by atoms with van der Waals surface area (Å²) < 4.78 is 5.83. The third-order valence-electron chi connectivity index (χ3n) is 3.92. The Morgan fingerprint density at radius 3 is 2.36 bits per heavy atom. The fourth-order valence-corrected chi connectivity index (χ4v) is 2.98. The predicted octanol–water partition coefficient (Wildman–Crippen LogP) is 4.83. The maximum absolute atomic E-state index is 6.19. The molecule has 0 unspecified atom stereocenters. The summed E-state index contributed by atoms with van der Waals surface area (Å²) in [5.74, 6) is 0.662. The van der Waals surface area contributed by atoms with E-state index in [9.17, 15) is 0 Å². The number of halogens is 3. The molecular formula is C16H15Cl3N2O. The number of nitrogens with two attached hydrogens (primary N) is 1. The SMILES string of the molecule is NCC1(COc2cnc(Cl)c(-c3cc(Cl)cc(Cl)c3)c2)CC1. The first kappa shape index (κ1) is 15.9. The number of pyridine rings is 1. The minimum atomic E-state index is 0.138. The van der Waals surface area contributed by atoms with Crippen LogP contribution in [0.25, 0.3) is 11.1 Å². The van der Waals surface area contributed by atoms with Crippen LogP contribution in [0.15, 0.2) is 30.5 Å². The molecule has 116 valence electrons. The summed E-state index contributed by atoms with van der Waals surface area (Å²) in [7, 11) is 0. The molecule has 1 heterocycles. The number of hydrogen-bond acceptors (Lipinski definition) is 3. The normalized spacial score (nSPS) is 15.6. The van der Waals surface area contributed by atoms with Crippen molar-refractivity contribution in [1.82, 2.24) is 4.98 Å². The molecule has 1 aromatic carbocycles. The molecule has 3 rings (SSSR count). The number of ether oxygens (including phenoxy) is 1. The average Bonchev–Trinajstić information content (AvgIpc) is 3.26. The Balaban J connectivity index is 1.86. The van der Waals surface area contributed by atoms with E-state index >= 15 is 0 Å². The van der Waals surface area contributed by atoms with Crippen molar-refractivity contribution >= 4 is 34.8 Å². The van der Waals surface area contributed by atoms with Crippen molar-refractivity contribution in [2.75, 3.05) is 13.2 Å². The molecular weight excluding hydrogens is 343 g/mol. The Hall–Kier alpha value is -1.00. The minimum Gasteiger partial charge on any atom is -0.491 e. The Labute approximate surface area is 144 Å². The standard InChI is InChI=1S/C16H15Cl3N2O/c17-11-3-10(4-12(18)5-11)14-6-13(7-21-15(14)19)22-9-16(8-20)1-2-16/h3-7H,1-2,8-9,20H2. The number of benzene rings is 1. The van der Waals surface area contributed by atoms with Gasteiger partial charge in [-0.25, -0.2) is 4.98 Å². The van der Waals surface area contributed by atoms with Gasteiger partial charge in [-0.15, -0.1) is 0 Å². The molecule has 1 aliphatic carbocycles. The van der Waals surface area contributed by atoms with Crippen LogP contribution in [0.4, 0.5) is 0 Å². The van der Waals surface area contributed by atoms with Crippen LogP contribution in [0.1, 0.15) is 12.8 Å². The van der Waals surface area contributed by atoms with Crippen LogP contribution in [0.2, 0.25) is 15.2 Å². The number of hydrogen-bond donors (Lipinski definition) is 1. The lowest BCUT2D eigenvalue weighted by molar-refractivity contribution is 0.238. The Kier molecular flexibility index (Phi) is 4.51. The van der Waals surface area contributed by atoms with E-state index in [1.54, 1.807) is 24.4 Å². The van der Waals surface area contributed by atoms with Gasteiger partial charge in [0.1, 0.15) is 10.9 Å². The lowest BCUT2D eigenvalue weighted by Gasteiger charge is -2.14. The molecule has 3 nitrogen and oxygen atoms in total. The van der Waals surface area contributed by atoms with Crippen LogP contribution < -0.4 is 10.5 Å². The maximum atomic E-state index is 6.19. The van der Waals surface area contributed by atoms with Crippen molar-refractivity contribution in [3.63, 3.8) is 0 Å². The lowest BCUT2D eigenvalue weighted by atomic mass is 10.1. The van der Waals surface area contributed by atoms with Crippen LogP contribution >= 0.6 is 34.8 Å². The minimum absolute atomic E-state index is 0.138. The third-order valence-corrected chi connectivity index (χ3v) is 4.66. The largest absolute Gasteiger partial charge is 0.491 e. The summed E-state index contributed by atoms with van der Waals surface area (Å²) in [6.07, 6.45) is 3.84. The molecule has 6 heteroatoms. The molecule has 2 aromatic rings. The first-order valence-electron chi connectivity index (χ1n) is 6.96. The molecule has 0 radical (unpaired) electrons. The summed E-state index contributed by atoms with van der Waals surface area (Å²) in [4.78, 5) is 4.18. The van der Waals surface area contributed by atoms with Gasteiger partial charge in [0.05, 0.1) is 12.8 Å². The van der Waals surface area contributed by atoms with Gasteiger partial charge in [-0.3, -0.25) is 0 Å². The zero-order valence-electron chi connectivity index (χ0n) is 11.8. The molecule has 0 spiro atoms. The molecule has 1 fully saturated rings. The predicted molar refractivity (Wildman–Crippen MR) is 90.9 cm³/mol. The fourth-order valence-electron chi connectivity index (χ4n) is 2.24. The molecule has 0 bridgehead atoms. The number of aromatic nitrogens is 1. The topological polar surface area (TPSA) is 48.1 Å². The monoisotopic (exact) mass is 356 g/mol. The van der Waals surface area contributed by atoms with E-state index in [4.69, 9.17) is 45.3 Å². The van der Waals surface area contributed by atoms with Crippen molar-refractivity contribution in [2.45, 2.75) is 12.8 Å². The Morgan fingerprint density at radius 2 is 1.77 bits per heavy atom. The zero-order valence-corrected chi connectivity index (χ0v) is 14.0. The van der Waals surface area contributed by atoms with Crippen LogP contribution in [-0.2, 0) is 0 Å². The summed E-state index contributed by atoms with van der Waals surface area (Å²) >= 11 is 18.3. The van der Waals surface area contributed by atoms with E-state index in [-0.39, 0.29) is 5.41 Å². The van der Waals surface area contributed by atoms with Gasteiger partial charge in [0.25, 0.3) is 0 Å². The third kappa shape index (κ3) is 3.49. The van der Waals surface area contributed by atoms with E-state index in [0.29, 0.717) is 34.1 Å². The summed E-state index contributed by atoms with van der Waals surface area (Å²) in [6.45, 7) is 1.24. The van der Waals surface area contributed by atoms with Gasteiger partial charge in [-0.05, 0) is 42.7 Å². The smallest absolute Gasteiger partial charge is 0.138 e. The van der Waals surface area contributed by atoms with Gasteiger partial charge in [0.15, 0.2) is 0 Å². The quantitative estimate of drug-likeness (QED) is 0.780. The van der Waals surface area contributed by atoms with Crippen LogP contribution in [-0.4, -0.2) is 18.1 Å². The summed E-state index contributed by atoms with van der Waals surface area (Å²) in [5.41, 5.74) is 7.45. The highest BCUT2D eigenvalue weighted by Gasteiger charge is 2.42. The van der Waals surface area contributed by atoms with Crippen molar-refractivity contribution in [2.24, 2.45) is 11.1 Å². The van der Waals surface area contributed by atoms with Gasteiger partial charge in [0, 0.05) is 27.6 Å². The highest BCUT2D eigenvalue weighted by atomic mass is 35.5. The van der Waals surface area contributed by atoms with Crippen LogP contribution in [0, 0.1) is 5.41 Å². The molecule has 0 aliphatic heterocycles. The first-order valence-corrected chi connectivity index (χ1v) is 8.10. The van der Waals surface area contributed by atoms with Crippen molar-refractivity contribution in [3.05, 3.63) is 45.7 Å². The van der Waals surface area contributed by atoms with Gasteiger partial charge >= 0.3 is 0 Å². The second-order valence-corrected chi connectivity index (χ2v) is 6.89. The average molecular weight is 358 g/mol. The lowest BCUT2D eigenvalue weighted by Crippen LogP contribution is -2.22. The van der Waals surface area contributed by atoms with E-state index < -0.39 is 0 Å². The van der Waals surface area contributed by atoms with Gasteiger partial charge in [-0.2, -0.15) is 0 Å². The number of nitrogens with zero attached hydrogens (tertiary/aromatic N) is 1. The van der Waals surface area contributed by atoms with Crippen molar-refractivity contribution in [1.29, 1.82) is 0 Å². The molecule has 0 atom stereocenters. The van der Waals surface area contributed by atoms with Crippen molar-refractivity contribution < 1.29 is 4.74 Å². The first-order chi connectivity index (χ1) is 10.5. The van der Waals surface area contributed by atoms with E-state index in [0.717, 1.165) is 24.0 Å². The molecule has 22 heavy (non-hydrogen) atoms. The van der Waals surface area contributed by atoms with Crippen LogP contribution in [0.3, 0.4) is 0 Å². The zero-order chi connectivity index (χ0) is 15.7. The summed E-state index contributed by atoms with van der Waals surface area (Å²) in [5, 5.41) is 1.47. The Bertz CT molecular complexity index is 682. The molecule has 1 aliphatic rings. The molecule has 0 amide bonds. The van der Waals surface area contributed by atoms with E-state index in [1.807, 2.05) is 6.07 Å². The molecule has 0 saturated heterocycles. The van der Waals surface area contributed by atoms with Crippen LogP contribution in [0.5, 0.6) is 5.75 Å². The van der Waals surface area contributed by atoms with Gasteiger partial charge in [-0.1, -0.05) is 34.8 Å². The second-order valence-electron chi connectivity index (χ2n) is 5.66. The maximum Gasteiger partial charge on any atom is 0.138 e. The van der Waals surface area contributed by atoms with E-state index in [2.05, 4.69) is 4.98 Å². The second kappa shape index (κ2) is 6.25. The van der Waals surface area contributed by atoms with Gasteiger partial charge < -0.3 is 10.5 Å². The van der Waals surface area contributed by atoms with Crippen molar-refractivity contribution in [3.8, 4) is 16.9 Å². The summed E-state index contributed by atoms with van der Waals surface area (Å²) in [6, 6.07) is 7.11. The highest BCUT2D eigenvalue weighted by molar-refractivity contribution is 6.35. The number of rotatable bonds is 5. The molecule has 2 N–H and O–H groups in total. The van der Waals surface area contributed by atoms with E-state index in [1.165, 1.54) is 0 Å². The van der Waals surface area contributed by atoms with Gasteiger partial charge in [0.2, 0.25) is 0 Å². The Morgan fingerprint density at radius 1 is 1.09 bits per heavy atom. The fraction of sp³-hybridized carbons (Fsp3) is 0.312. The molecule has 1 saturated carbocycles. The highest BCUT2D eigenvalue weighted by Crippen LogP contribution is 2.45.